The van der Waals surface area contributed by atoms with E-state index in [1.165, 1.54) is 23.5 Å². The lowest BCUT2D eigenvalue weighted by Gasteiger charge is -2.10. The third kappa shape index (κ3) is 4.70. The topological polar surface area (TPSA) is 4.36 Å². The summed E-state index contributed by atoms with van der Waals surface area (Å²) < 4.78 is 0.794. The fourth-order valence-electron chi connectivity index (χ4n) is 0.832. The van der Waals surface area contributed by atoms with Crippen molar-refractivity contribution >= 4 is 39.3 Å². The minimum absolute atomic E-state index is 0.459. The molecular weight excluding hydrogens is 242 g/mol. The summed E-state index contributed by atoms with van der Waals surface area (Å²) in [6.07, 6.45) is 0. The average Bonchev–Trinajstić information content (AvgIpc) is 2.18. The van der Waals surface area contributed by atoms with Crippen LogP contribution in [-0.4, -0.2) is 8.40 Å². The molecule has 0 aliphatic heterocycles. The Morgan fingerprint density at radius 1 is 1.33 bits per heavy atom. The van der Waals surface area contributed by atoms with Gasteiger partial charge in [-0.3, -0.25) is 4.85 Å². The number of benzene rings is 1. The Kier molecular flexibility index (Phi) is 4.65. The zero-order valence-electron chi connectivity index (χ0n) is 8.56. The highest BCUT2D eigenvalue weighted by atomic mass is 32.2. The first-order valence-electron chi connectivity index (χ1n) is 4.38. The predicted octanol–water partition coefficient (Wildman–Crippen LogP) is 4.45. The summed E-state index contributed by atoms with van der Waals surface area (Å²) in [6, 6.07) is 9.97. The van der Waals surface area contributed by atoms with Gasteiger partial charge in [0, 0.05) is 18.7 Å². The molecule has 0 spiro atoms. The van der Waals surface area contributed by atoms with Crippen molar-refractivity contribution in [3.8, 4) is 0 Å². The second-order valence-electron chi connectivity index (χ2n) is 3.33. The molecule has 1 aromatic rings. The zero-order valence-corrected chi connectivity index (χ0v) is 11.0. The van der Waals surface area contributed by atoms with Crippen LogP contribution in [-0.2, 0) is 0 Å². The highest BCUT2D eigenvalue weighted by Crippen LogP contribution is 2.34. The van der Waals surface area contributed by atoms with Crippen LogP contribution in [0.2, 0.25) is 0 Å². The van der Waals surface area contributed by atoms with E-state index in [2.05, 4.69) is 4.85 Å². The van der Waals surface area contributed by atoms with Crippen LogP contribution in [0.5, 0.6) is 0 Å². The first kappa shape index (κ1) is 12.6. The van der Waals surface area contributed by atoms with Crippen LogP contribution in [0.25, 0.3) is 4.85 Å². The maximum atomic E-state index is 7.01. The van der Waals surface area contributed by atoms with E-state index < -0.39 is 4.87 Å². The van der Waals surface area contributed by atoms with E-state index in [0.717, 1.165) is 8.42 Å². The summed E-state index contributed by atoms with van der Waals surface area (Å²) in [7, 11) is 0. The Labute approximate surface area is 104 Å². The van der Waals surface area contributed by atoms with Gasteiger partial charge >= 0.3 is 0 Å². The van der Waals surface area contributed by atoms with E-state index in [1.54, 1.807) is 0 Å². The molecule has 0 saturated heterocycles. The smallest absolute Gasteiger partial charge is 0.277 e. The fourth-order valence-corrected chi connectivity index (χ4v) is 3.74. The van der Waals surface area contributed by atoms with Crippen LogP contribution >= 0.6 is 35.7 Å². The van der Waals surface area contributed by atoms with Crippen molar-refractivity contribution in [3.05, 3.63) is 41.7 Å². The van der Waals surface area contributed by atoms with Crippen LogP contribution in [0.4, 0.5) is 0 Å². The Morgan fingerprint density at radius 3 is 2.47 bits per heavy atom. The molecule has 0 radical (unpaired) electrons. The molecule has 0 heterocycles. The Bertz CT molecular complexity index is 379. The van der Waals surface area contributed by atoms with Gasteiger partial charge in [0.2, 0.25) is 0 Å². The Balaban J connectivity index is 2.55. The first-order valence-corrected chi connectivity index (χ1v) is 6.42. The number of hydrogen-bond donors (Lipinski definition) is 0. The minimum Gasteiger partial charge on any atom is -0.299 e. The minimum atomic E-state index is -0.459. The SMILES string of the molecule is [C-]#[N+]C(C)(C)SC(=S)Sc1ccccc1. The summed E-state index contributed by atoms with van der Waals surface area (Å²) in [5.41, 5.74) is 0. The number of nitrogens with zero attached hydrogens (tertiary/aromatic N) is 1. The van der Waals surface area contributed by atoms with Gasteiger partial charge < -0.3 is 0 Å². The highest BCUT2D eigenvalue weighted by molar-refractivity contribution is 8.47. The van der Waals surface area contributed by atoms with E-state index in [4.69, 9.17) is 18.8 Å². The molecule has 0 unspecified atom stereocenters. The van der Waals surface area contributed by atoms with Gasteiger partial charge in [0.1, 0.15) is 3.53 Å². The molecule has 15 heavy (non-hydrogen) atoms. The molecule has 0 saturated carbocycles. The molecule has 0 aliphatic rings. The lowest BCUT2D eigenvalue weighted by atomic mass is 10.4. The van der Waals surface area contributed by atoms with Gasteiger partial charge in [-0.25, -0.2) is 6.57 Å². The lowest BCUT2D eigenvalue weighted by Crippen LogP contribution is -2.09. The van der Waals surface area contributed by atoms with Gasteiger partial charge in [-0.1, -0.05) is 42.2 Å². The van der Waals surface area contributed by atoms with Gasteiger partial charge in [-0.2, -0.15) is 0 Å². The van der Waals surface area contributed by atoms with Crippen molar-refractivity contribution in [2.24, 2.45) is 0 Å². The van der Waals surface area contributed by atoms with Crippen LogP contribution < -0.4 is 0 Å². The van der Waals surface area contributed by atoms with E-state index in [1.807, 2.05) is 44.2 Å². The normalized spacial score (nSPS) is 10.7. The molecule has 0 aromatic heterocycles. The molecule has 4 heteroatoms. The predicted molar refractivity (Wildman–Crippen MR) is 73.2 cm³/mol. The van der Waals surface area contributed by atoms with Crippen molar-refractivity contribution < 1.29 is 0 Å². The Morgan fingerprint density at radius 2 is 1.93 bits per heavy atom. The number of rotatable bonds is 2. The summed E-state index contributed by atoms with van der Waals surface area (Å²) in [5, 5.41) is 0. The van der Waals surface area contributed by atoms with E-state index in [0.29, 0.717) is 0 Å². The molecule has 1 aromatic carbocycles. The molecule has 0 fully saturated rings. The maximum Gasteiger partial charge on any atom is 0.277 e. The average molecular weight is 253 g/mol. The second-order valence-corrected chi connectivity index (χ2v) is 7.20. The Hall–Kier alpha value is -0.500. The van der Waals surface area contributed by atoms with E-state index in [9.17, 15) is 0 Å². The van der Waals surface area contributed by atoms with Crippen molar-refractivity contribution in [2.45, 2.75) is 23.6 Å². The van der Waals surface area contributed by atoms with E-state index in [-0.39, 0.29) is 0 Å². The molecule has 78 valence electrons. The zero-order chi connectivity index (χ0) is 11.3. The molecule has 0 bridgehead atoms. The van der Waals surface area contributed by atoms with Gasteiger partial charge in [0.05, 0.1) is 0 Å². The maximum absolute atomic E-state index is 7.01. The monoisotopic (exact) mass is 253 g/mol. The van der Waals surface area contributed by atoms with Gasteiger partial charge in [-0.15, -0.1) is 0 Å². The fraction of sp³-hybridized carbons (Fsp3) is 0.273. The molecule has 1 rings (SSSR count). The highest BCUT2D eigenvalue weighted by Gasteiger charge is 2.26. The van der Waals surface area contributed by atoms with Crippen molar-refractivity contribution in [3.63, 3.8) is 0 Å². The molecule has 0 N–H and O–H groups in total. The summed E-state index contributed by atoms with van der Waals surface area (Å²) >= 11 is 8.21. The number of thioether (sulfide) groups is 2. The van der Waals surface area contributed by atoms with Crippen molar-refractivity contribution in [2.75, 3.05) is 0 Å². The van der Waals surface area contributed by atoms with Gasteiger partial charge in [0.25, 0.3) is 4.87 Å². The van der Waals surface area contributed by atoms with Crippen LogP contribution in [0.3, 0.4) is 0 Å². The summed E-state index contributed by atoms with van der Waals surface area (Å²) in [6.45, 7) is 10.8. The standard InChI is InChI=1S/C11H11NS3/c1-11(2,12-3)15-10(13)14-9-7-5-4-6-8-9/h4-8H,1-2H3. The molecule has 0 amide bonds. The first-order chi connectivity index (χ1) is 7.03. The molecule has 0 atom stereocenters. The third-order valence-electron chi connectivity index (χ3n) is 1.55. The second kappa shape index (κ2) is 5.55. The third-order valence-corrected chi connectivity index (χ3v) is 3.98. The summed E-state index contributed by atoms with van der Waals surface area (Å²) in [5.74, 6) is 0. The van der Waals surface area contributed by atoms with Crippen molar-refractivity contribution in [1.29, 1.82) is 0 Å². The van der Waals surface area contributed by atoms with Gasteiger partial charge in [0.15, 0.2) is 0 Å². The molecular formula is C11H11NS3. The summed E-state index contributed by atoms with van der Waals surface area (Å²) in [4.78, 5) is 4.18. The van der Waals surface area contributed by atoms with Crippen molar-refractivity contribution in [1.82, 2.24) is 0 Å². The number of thiocarbonyl (C=S) groups is 1. The molecule has 1 nitrogen and oxygen atoms in total. The van der Waals surface area contributed by atoms with Gasteiger partial charge in [-0.05, 0) is 23.9 Å². The van der Waals surface area contributed by atoms with Crippen LogP contribution in [0.15, 0.2) is 35.2 Å². The van der Waals surface area contributed by atoms with Crippen LogP contribution in [0.1, 0.15) is 13.8 Å². The largest absolute Gasteiger partial charge is 0.299 e. The van der Waals surface area contributed by atoms with Crippen LogP contribution in [0, 0.1) is 6.57 Å². The molecule has 0 aliphatic carbocycles. The van der Waals surface area contributed by atoms with E-state index >= 15 is 0 Å². The lowest BCUT2D eigenvalue weighted by molar-refractivity contribution is 0.899. The quantitative estimate of drug-likeness (QED) is 0.436. The number of hydrogen-bond acceptors (Lipinski definition) is 3.